The second-order valence-corrected chi connectivity index (χ2v) is 6.63. The highest BCUT2D eigenvalue weighted by Crippen LogP contribution is 2.17. The molecule has 0 bridgehead atoms. The average molecular weight is 309 g/mol. The van der Waals surface area contributed by atoms with Crippen LogP contribution in [0.4, 0.5) is 0 Å². The summed E-state index contributed by atoms with van der Waals surface area (Å²) in [7, 11) is 0. The normalized spacial score (nSPS) is 17.4. The Kier molecular flexibility index (Phi) is 4.62. The molecule has 20 heavy (non-hydrogen) atoms. The predicted molar refractivity (Wildman–Crippen MR) is 81.9 cm³/mol. The number of nitrogens with zero attached hydrogens (tertiary/aromatic N) is 4. The van der Waals surface area contributed by atoms with Crippen molar-refractivity contribution in [3.63, 3.8) is 0 Å². The monoisotopic (exact) mass is 308 g/mol. The Morgan fingerprint density at radius 3 is 2.20 bits per heavy atom. The van der Waals surface area contributed by atoms with Crippen LogP contribution >= 0.6 is 22.9 Å². The number of aromatic nitrogens is 2. The van der Waals surface area contributed by atoms with Crippen LogP contribution < -0.4 is 0 Å². The van der Waals surface area contributed by atoms with Crippen LogP contribution in [0.3, 0.4) is 0 Å². The van der Waals surface area contributed by atoms with Gasteiger partial charge in [0.05, 0.1) is 6.54 Å². The molecule has 0 atom stereocenters. The van der Waals surface area contributed by atoms with Gasteiger partial charge in [0.15, 0.2) is 0 Å². The summed E-state index contributed by atoms with van der Waals surface area (Å²) in [6.45, 7) is 6.25. The molecule has 1 fully saturated rings. The lowest BCUT2D eigenvalue weighted by Gasteiger charge is -2.34. The van der Waals surface area contributed by atoms with Crippen molar-refractivity contribution in [2.45, 2.75) is 13.1 Å². The first kappa shape index (κ1) is 13.9. The minimum absolute atomic E-state index is 0.530. The second kappa shape index (κ2) is 6.63. The number of hydrogen-bond acceptors (Lipinski definition) is 5. The maximum absolute atomic E-state index is 5.81. The van der Waals surface area contributed by atoms with Gasteiger partial charge in [-0.15, -0.1) is 10.2 Å². The van der Waals surface area contributed by atoms with Crippen LogP contribution in [-0.4, -0.2) is 46.2 Å². The third-order valence-electron chi connectivity index (χ3n) is 3.51. The first-order valence-corrected chi connectivity index (χ1v) is 7.95. The van der Waals surface area contributed by atoms with Crippen molar-refractivity contribution in [1.82, 2.24) is 20.0 Å². The SMILES string of the molecule is Clc1nnc(CN2CCN(Cc3ccccc3)CC2)s1. The van der Waals surface area contributed by atoms with Gasteiger partial charge in [0.25, 0.3) is 0 Å². The molecule has 4 nitrogen and oxygen atoms in total. The summed E-state index contributed by atoms with van der Waals surface area (Å²) in [6, 6.07) is 10.6. The number of halogens is 1. The third-order valence-corrected chi connectivity index (χ3v) is 4.52. The molecule has 1 aliphatic rings. The van der Waals surface area contributed by atoms with Gasteiger partial charge < -0.3 is 0 Å². The molecule has 1 aliphatic heterocycles. The zero-order chi connectivity index (χ0) is 13.8. The van der Waals surface area contributed by atoms with E-state index in [-0.39, 0.29) is 0 Å². The molecule has 0 amide bonds. The second-order valence-electron chi connectivity index (χ2n) is 4.99. The largest absolute Gasteiger partial charge is 0.297 e. The van der Waals surface area contributed by atoms with E-state index in [2.05, 4.69) is 50.3 Å². The third kappa shape index (κ3) is 3.76. The first-order chi connectivity index (χ1) is 9.79. The molecule has 0 unspecified atom stereocenters. The van der Waals surface area contributed by atoms with Gasteiger partial charge in [0.2, 0.25) is 4.47 Å². The Balaban J connectivity index is 1.47. The standard InChI is InChI=1S/C14H17ClN4S/c15-14-17-16-13(20-14)11-19-8-6-18(7-9-19)10-12-4-2-1-3-5-12/h1-5H,6-11H2. The van der Waals surface area contributed by atoms with E-state index in [1.54, 1.807) is 0 Å². The van der Waals surface area contributed by atoms with Gasteiger partial charge in [-0.3, -0.25) is 9.80 Å². The molecule has 2 heterocycles. The molecule has 1 aromatic heterocycles. The highest BCUT2D eigenvalue weighted by Gasteiger charge is 2.18. The van der Waals surface area contributed by atoms with E-state index in [1.165, 1.54) is 16.9 Å². The van der Waals surface area contributed by atoms with E-state index in [1.807, 2.05) is 0 Å². The fourth-order valence-electron chi connectivity index (χ4n) is 2.44. The molecule has 0 N–H and O–H groups in total. The van der Waals surface area contributed by atoms with E-state index >= 15 is 0 Å². The van der Waals surface area contributed by atoms with Crippen LogP contribution in [0.1, 0.15) is 10.6 Å². The molecular formula is C14H17ClN4S. The summed E-state index contributed by atoms with van der Waals surface area (Å²) in [5.41, 5.74) is 1.39. The molecule has 1 aromatic carbocycles. The highest BCUT2D eigenvalue weighted by atomic mass is 35.5. The maximum atomic E-state index is 5.81. The van der Waals surface area contributed by atoms with Crippen LogP contribution in [-0.2, 0) is 13.1 Å². The van der Waals surface area contributed by atoms with Gasteiger partial charge >= 0.3 is 0 Å². The average Bonchev–Trinajstić information content (AvgIpc) is 2.88. The lowest BCUT2D eigenvalue weighted by molar-refractivity contribution is 0.122. The number of benzene rings is 1. The van der Waals surface area contributed by atoms with Crippen LogP contribution in [0.15, 0.2) is 30.3 Å². The van der Waals surface area contributed by atoms with Crippen molar-refractivity contribution in [2.24, 2.45) is 0 Å². The van der Waals surface area contributed by atoms with Crippen molar-refractivity contribution in [1.29, 1.82) is 0 Å². The zero-order valence-electron chi connectivity index (χ0n) is 11.2. The minimum Gasteiger partial charge on any atom is -0.297 e. The summed E-state index contributed by atoms with van der Waals surface area (Å²) in [4.78, 5) is 4.91. The van der Waals surface area contributed by atoms with Crippen molar-refractivity contribution in [3.05, 3.63) is 45.4 Å². The highest BCUT2D eigenvalue weighted by molar-refractivity contribution is 7.15. The quantitative estimate of drug-likeness (QED) is 0.869. The maximum Gasteiger partial charge on any atom is 0.207 e. The number of hydrogen-bond donors (Lipinski definition) is 0. The fraction of sp³-hybridized carbons (Fsp3) is 0.429. The summed E-state index contributed by atoms with van der Waals surface area (Å²) in [6.07, 6.45) is 0. The molecule has 6 heteroatoms. The Labute approximate surface area is 128 Å². The predicted octanol–water partition coefficient (Wildman–Crippen LogP) is 2.51. The van der Waals surface area contributed by atoms with Crippen LogP contribution in [0.25, 0.3) is 0 Å². The van der Waals surface area contributed by atoms with Gasteiger partial charge in [-0.25, -0.2) is 0 Å². The molecule has 0 radical (unpaired) electrons. The van der Waals surface area contributed by atoms with Gasteiger partial charge in [0.1, 0.15) is 5.01 Å². The molecule has 0 saturated carbocycles. The lowest BCUT2D eigenvalue weighted by atomic mass is 10.2. The van der Waals surface area contributed by atoms with E-state index in [4.69, 9.17) is 11.6 Å². The summed E-state index contributed by atoms with van der Waals surface area (Å²) in [5, 5.41) is 8.93. The Hall–Kier alpha value is -1.01. The van der Waals surface area contributed by atoms with Gasteiger partial charge in [-0.1, -0.05) is 41.7 Å². The zero-order valence-corrected chi connectivity index (χ0v) is 12.8. The minimum atomic E-state index is 0.530. The molecule has 1 saturated heterocycles. The Bertz CT molecular complexity index is 537. The smallest absolute Gasteiger partial charge is 0.207 e. The summed E-state index contributed by atoms with van der Waals surface area (Å²) < 4.78 is 0.530. The molecule has 3 rings (SSSR count). The van der Waals surface area contributed by atoms with E-state index in [9.17, 15) is 0 Å². The number of piperazine rings is 1. The van der Waals surface area contributed by atoms with Gasteiger partial charge in [0, 0.05) is 32.7 Å². The summed E-state index contributed by atoms with van der Waals surface area (Å²) in [5.74, 6) is 0. The van der Waals surface area contributed by atoms with Crippen molar-refractivity contribution in [3.8, 4) is 0 Å². The van der Waals surface area contributed by atoms with Crippen molar-refractivity contribution >= 4 is 22.9 Å². The molecular weight excluding hydrogens is 292 g/mol. The lowest BCUT2D eigenvalue weighted by Crippen LogP contribution is -2.45. The van der Waals surface area contributed by atoms with Gasteiger partial charge in [-0.2, -0.15) is 0 Å². The van der Waals surface area contributed by atoms with E-state index in [0.717, 1.165) is 44.3 Å². The van der Waals surface area contributed by atoms with Crippen LogP contribution in [0.5, 0.6) is 0 Å². The first-order valence-electron chi connectivity index (χ1n) is 6.76. The molecule has 0 spiro atoms. The molecule has 2 aromatic rings. The fourth-order valence-corrected chi connectivity index (χ4v) is 3.35. The molecule has 0 aliphatic carbocycles. The molecule has 106 valence electrons. The topological polar surface area (TPSA) is 32.3 Å². The van der Waals surface area contributed by atoms with Gasteiger partial charge in [-0.05, 0) is 17.2 Å². The van der Waals surface area contributed by atoms with Crippen LogP contribution in [0, 0.1) is 0 Å². The van der Waals surface area contributed by atoms with Crippen molar-refractivity contribution < 1.29 is 0 Å². The number of rotatable bonds is 4. The summed E-state index contributed by atoms with van der Waals surface area (Å²) >= 11 is 7.28. The van der Waals surface area contributed by atoms with E-state index < -0.39 is 0 Å². The Morgan fingerprint density at radius 1 is 0.950 bits per heavy atom. The van der Waals surface area contributed by atoms with E-state index in [0.29, 0.717) is 4.47 Å². The Morgan fingerprint density at radius 2 is 1.60 bits per heavy atom. The van der Waals surface area contributed by atoms with Crippen molar-refractivity contribution in [2.75, 3.05) is 26.2 Å². The van der Waals surface area contributed by atoms with Crippen LogP contribution in [0.2, 0.25) is 4.47 Å².